The zero-order chi connectivity index (χ0) is 20.1. The van der Waals surface area contributed by atoms with Crippen molar-refractivity contribution < 1.29 is 19.3 Å². The summed E-state index contributed by atoms with van der Waals surface area (Å²) in [7, 11) is 0. The van der Waals surface area contributed by atoms with Crippen LogP contribution in [-0.2, 0) is 9.59 Å². The number of primary amides is 1. The monoisotopic (exact) mass is 395 g/mol. The maximum absolute atomic E-state index is 12.5. The quantitative estimate of drug-likeness (QED) is 0.629. The Morgan fingerprint density at radius 2 is 1.78 bits per heavy atom. The summed E-state index contributed by atoms with van der Waals surface area (Å²) in [5, 5.41) is 3.38. The molecule has 1 saturated heterocycles. The van der Waals surface area contributed by atoms with E-state index in [4.69, 9.17) is 5.73 Å². The van der Waals surface area contributed by atoms with Gasteiger partial charge in [0.2, 0.25) is 5.91 Å². The first kappa shape index (κ1) is 21.4. The van der Waals surface area contributed by atoms with E-state index in [-0.39, 0.29) is 17.7 Å². The molecule has 0 saturated carbocycles. The van der Waals surface area contributed by atoms with Crippen molar-refractivity contribution in [3.05, 3.63) is 16.0 Å². The molecule has 0 spiro atoms. The molecule has 0 aliphatic carbocycles. The molecule has 150 valence electrons. The van der Waals surface area contributed by atoms with Crippen molar-refractivity contribution in [2.45, 2.75) is 40.5 Å². The normalized spacial score (nSPS) is 15.2. The predicted molar refractivity (Wildman–Crippen MR) is 107 cm³/mol. The first-order chi connectivity index (χ1) is 12.8. The molecule has 1 aliphatic heterocycles. The van der Waals surface area contributed by atoms with Gasteiger partial charge in [-0.3, -0.25) is 14.4 Å². The van der Waals surface area contributed by atoms with Gasteiger partial charge in [-0.25, -0.2) is 0 Å². The Morgan fingerprint density at radius 1 is 1.19 bits per heavy atom. The predicted octanol–water partition coefficient (Wildman–Crippen LogP) is 0.566. The van der Waals surface area contributed by atoms with Crippen LogP contribution in [0.25, 0.3) is 0 Å². The highest BCUT2D eigenvalue weighted by atomic mass is 32.1. The minimum absolute atomic E-state index is 0.104. The van der Waals surface area contributed by atoms with Crippen molar-refractivity contribution in [2.24, 2.45) is 11.7 Å². The lowest BCUT2D eigenvalue weighted by Gasteiger charge is -2.33. The SMILES string of the molecule is CCC(CC)C(=O)N1CC[NH+](CC(=O)Nc2sc(C)c(C)c2C(N)=O)CC1. The minimum atomic E-state index is -0.520. The van der Waals surface area contributed by atoms with Gasteiger partial charge in [-0.2, -0.15) is 0 Å². The number of quaternary nitrogens is 1. The molecule has 0 radical (unpaired) electrons. The number of hydrogen-bond donors (Lipinski definition) is 3. The topological polar surface area (TPSA) is 96.9 Å². The lowest BCUT2D eigenvalue weighted by molar-refractivity contribution is -0.895. The first-order valence-corrected chi connectivity index (χ1v) is 10.4. The summed E-state index contributed by atoms with van der Waals surface area (Å²) in [4.78, 5) is 40.6. The van der Waals surface area contributed by atoms with Crippen LogP contribution in [0.15, 0.2) is 0 Å². The summed E-state index contributed by atoms with van der Waals surface area (Å²) in [6, 6.07) is 0. The van der Waals surface area contributed by atoms with E-state index in [1.165, 1.54) is 11.3 Å². The average Bonchev–Trinajstić information content (AvgIpc) is 2.90. The standard InChI is InChI=1S/C19H30N4O3S/c1-5-14(6-2)19(26)23-9-7-22(8-10-23)11-15(24)21-18-16(17(20)25)12(3)13(4)27-18/h14H,5-11H2,1-4H3,(H2,20,25)(H,21,24)/p+1. The molecule has 0 aromatic carbocycles. The Balaban J connectivity index is 1.89. The smallest absolute Gasteiger partial charge is 0.280 e. The van der Waals surface area contributed by atoms with Gasteiger partial charge in [-0.1, -0.05) is 13.8 Å². The van der Waals surface area contributed by atoms with E-state index in [2.05, 4.69) is 5.32 Å². The van der Waals surface area contributed by atoms with E-state index >= 15 is 0 Å². The van der Waals surface area contributed by atoms with Gasteiger partial charge >= 0.3 is 0 Å². The van der Waals surface area contributed by atoms with Crippen LogP contribution >= 0.6 is 11.3 Å². The number of anilines is 1. The highest BCUT2D eigenvalue weighted by Crippen LogP contribution is 2.31. The van der Waals surface area contributed by atoms with E-state index in [1.807, 2.05) is 32.6 Å². The third-order valence-corrected chi connectivity index (χ3v) is 6.53. The molecule has 3 amide bonds. The molecule has 7 nitrogen and oxygen atoms in total. The van der Waals surface area contributed by atoms with Crippen molar-refractivity contribution in [3.63, 3.8) is 0 Å². The summed E-state index contributed by atoms with van der Waals surface area (Å²) in [5.41, 5.74) is 6.68. The third-order valence-electron chi connectivity index (χ3n) is 5.41. The number of carbonyl (C=O) groups excluding carboxylic acids is 3. The van der Waals surface area contributed by atoms with Gasteiger partial charge in [-0.15, -0.1) is 11.3 Å². The number of carbonyl (C=O) groups is 3. The largest absolute Gasteiger partial charge is 0.365 e. The van der Waals surface area contributed by atoms with Crippen LogP contribution < -0.4 is 16.0 Å². The second-order valence-corrected chi connectivity index (χ2v) is 8.39. The molecule has 8 heteroatoms. The van der Waals surface area contributed by atoms with E-state index in [9.17, 15) is 14.4 Å². The van der Waals surface area contributed by atoms with Gasteiger partial charge in [0.15, 0.2) is 6.54 Å². The van der Waals surface area contributed by atoms with Gasteiger partial charge in [-0.05, 0) is 32.3 Å². The Bertz CT molecular complexity index is 704. The molecule has 1 aliphatic rings. The van der Waals surface area contributed by atoms with E-state index in [0.717, 1.165) is 41.3 Å². The number of amides is 3. The minimum Gasteiger partial charge on any atom is -0.365 e. The van der Waals surface area contributed by atoms with Crippen molar-refractivity contribution in [1.29, 1.82) is 0 Å². The van der Waals surface area contributed by atoms with Gasteiger partial charge in [0, 0.05) is 10.8 Å². The van der Waals surface area contributed by atoms with Gasteiger partial charge in [0.05, 0.1) is 31.7 Å². The summed E-state index contributed by atoms with van der Waals surface area (Å²) >= 11 is 1.38. The van der Waals surface area contributed by atoms with Crippen LogP contribution in [0.2, 0.25) is 0 Å². The van der Waals surface area contributed by atoms with Crippen molar-refractivity contribution in [3.8, 4) is 0 Å². The Labute approximate surface area is 164 Å². The molecular weight excluding hydrogens is 364 g/mol. The lowest BCUT2D eigenvalue weighted by atomic mass is 10.0. The van der Waals surface area contributed by atoms with Crippen molar-refractivity contribution >= 4 is 34.1 Å². The number of nitrogens with two attached hydrogens (primary N) is 1. The molecular formula is C19H31N4O3S+. The zero-order valence-corrected chi connectivity index (χ0v) is 17.5. The summed E-state index contributed by atoms with van der Waals surface area (Å²) in [5.74, 6) is -0.312. The fourth-order valence-corrected chi connectivity index (χ4v) is 4.61. The third kappa shape index (κ3) is 5.07. The maximum Gasteiger partial charge on any atom is 0.280 e. The van der Waals surface area contributed by atoms with Crippen LogP contribution in [0.3, 0.4) is 0 Å². The molecule has 0 bridgehead atoms. The van der Waals surface area contributed by atoms with Gasteiger partial charge < -0.3 is 20.9 Å². The first-order valence-electron chi connectivity index (χ1n) is 9.60. The van der Waals surface area contributed by atoms with E-state index < -0.39 is 5.91 Å². The summed E-state index contributed by atoms with van der Waals surface area (Å²) < 4.78 is 0. The molecule has 4 N–H and O–H groups in total. The molecule has 1 aromatic heterocycles. The van der Waals surface area contributed by atoms with Crippen LogP contribution in [0, 0.1) is 19.8 Å². The zero-order valence-electron chi connectivity index (χ0n) is 16.7. The Morgan fingerprint density at radius 3 is 2.30 bits per heavy atom. The van der Waals surface area contributed by atoms with Crippen LogP contribution in [0.1, 0.15) is 47.5 Å². The number of thiophene rings is 1. The fraction of sp³-hybridized carbons (Fsp3) is 0.632. The summed E-state index contributed by atoms with van der Waals surface area (Å²) in [6.45, 7) is 11.0. The highest BCUT2D eigenvalue weighted by Gasteiger charge is 2.28. The van der Waals surface area contributed by atoms with E-state index in [1.54, 1.807) is 0 Å². The molecule has 0 unspecified atom stereocenters. The van der Waals surface area contributed by atoms with Gasteiger partial charge in [0.25, 0.3) is 11.8 Å². The number of piperazine rings is 1. The molecule has 27 heavy (non-hydrogen) atoms. The number of nitrogens with one attached hydrogen (secondary N) is 2. The average molecular weight is 396 g/mol. The molecule has 1 aromatic rings. The molecule has 2 rings (SSSR count). The second kappa shape index (κ2) is 9.32. The lowest BCUT2D eigenvalue weighted by Crippen LogP contribution is -3.15. The number of rotatable bonds is 7. The molecule has 2 heterocycles. The summed E-state index contributed by atoms with van der Waals surface area (Å²) in [6.07, 6.45) is 1.74. The number of nitrogens with zero attached hydrogens (tertiary/aromatic N) is 1. The van der Waals surface area contributed by atoms with E-state index in [0.29, 0.717) is 30.2 Å². The van der Waals surface area contributed by atoms with Crippen molar-refractivity contribution in [2.75, 3.05) is 38.0 Å². The van der Waals surface area contributed by atoms with Crippen molar-refractivity contribution in [1.82, 2.24) is 4.90 Å². The van der Waals surface area contributed by atoms with Gasteiger partial charge in [0.1, 0.15) is 5.00 Å². The molecule has 1 fully saturated rings. The highest BCUT2D eigenvalue weighted by molar-refractivity contribution is 7.16. The van der Waals surface area contributed by atoms with Crippen LogP contribution in [-0.4, -0.2) is 55.3 Å². The van der Waals surface area contributed by atoms with Crippen LogP contribution in [0.4, 0.5) is 5.00 Å². The van der Waals surface area contributed by atoms with Crippen LogP contribution in [0.5, 0.6) is 0 Å². The number of hydrogen-bond acceptors (Lipinski definition) is 4. The number of aryl methyl sites for hydroxylation is 1. The molecule has 0 atom stereocenters. The Kier molecular flexibility index (Phi) is 7.38. The second-order valence-electron chi connectivity index (χ2n) is 7.17. The fourth-order valence-electron chi connectivity index (χ4n) is 3.53. The Hall–Kier alpha value is -1.93. The maximum atomic E-state index is 12.5.